The van der Waals surface area contributed by atoms with Crippen molar-refractivity contribution in [3.63, 3.8) is 0 Å². The Kier molecular flexibility index (Phi) is 4.90. The molecule has 0 aromatic heterocycles. The molecule has 0 spiro atoms. The predicted octanol–water partition coefficient (Wildman–Crippen LogP) is 2.61. The molecule has 2 rings (SSSR count). The van der Waals surface area contributed by atoms with Gasteiger partial charge in [-0.2, -0.15) is 0 Å². The Hall–Kier alpha value is -2.40. The minimum atomic E-state index is -0.438. The number of hydrogen-bond donors (Lipinski definition) is 2. The van der Waals surface area contributed by atoms with Gasteiger partial charge >= 0.3 is 0 Å². The van der Waals surface area contributed by atoms with Gasteiger partial charge in [-0.3, -0.25) is 4.79 Å². The van der Waals surface area contributed by atoms with Crippen LogP contribution in [0.15, 0.2) is 42.5 Å². The first kappa shape index (κ1) is 15.0. The van der Waals surface area contributed by atoms with Gasteiger partial charge in [-0.15, -0.1) is 0 Å². The van der Waals surface area contributed by atoms with Crippen LogP contribution in [0, 0.1) is 12.7 Å². The summed E-state index contributed by atoms with van der Waals surface area (Å²) in [6.07, 6.45) is 0. The Balaban J connectivity index is 1.92. The molecule has 0 fully saturated rings. The molecule has 1 amide bonds. The standard InChI is InChI=1S/C16H17FN2O2/c1-11-2-4-14(5-3-11)19-16(20)10-21-15-7-12(9-18)6-13(17)8-15/h2-8H,9-10,18H2,1H3,(H,19,20). The molecule has 0 heterocycles. The van der Waals surface area contributed by atoms with Crippen molar-refractivity contribution in [1.29, 1.82) is 0 Å². The van der Waals surface area contributed by atoms with Crippen molar-refractivity contribution in [3.05, 3.63) is 59.4 Å². The molecule has 21 heavy (non-hydrogen) atoms. The van der Waals surface area contributed by atoms with Crippen LogP contribution in [0.2, 0.25) is 0 Å². The SMILES string of the molecule is Cc1ccc(NC(=O)COc2cc(F)cc(CN)c2)cc1. The third-order valence-electron chi connectivity index (χ3n) is 2.87. The number of carbonyl (C=O) groups excluding carboxylic acids is 1. The van der Waals surface area contributed by atoms with E-state index < -0.39 is 5.82 Å². The number of anilines is 1. The molecule has 0 saturated carbocycles. The monoisotopic (exact) mass is 288 g/mol. The van der Waals surface area contributed by atoms with E-state index in [4.69, 9.17) is 10.5 Å². The third-order valence-corrected chi connectivity index (χ3v) is 2.87. The molecule has 0 unspecified atom stereocenters. The van der Waals surface area contributed by atoms with Gasteiger partial charge in [0.25, 0.3) is 5.91 Å². The largest absolute Gasteiger partial charge is 0.484 e. The van der Waals surface area contributed by atoms with Gasteiger partial charge in [-0.1, -0.05) is 17.7 Å². The van der Waals surface area contributed by atoms with Crippen LogP contribution in [0.25, 0.3) is 0 Å². The van der Waals surface area contributed by atoms with E-state index in [0.29, 0.717) is 11.3 Å². The molecule has 0 radical (unpaired) electrons. The summed E-state index contributed by atoms with van der Waals surface area (Å²) in [7, 11) is 0. The van der Waals surface area contributed by atoms with Crippen LogP contribution >= 0.6 is 0 Å². The van der Waals surface area contributed by atoms with Crippen molar-refractivity contribution >= 4 is 11.6 Å². The van der Waals surface area contributed by atoms with E-state index in [-0.39, 0.29) is 24.8 Å². The van der Waals surface area contributed by atoms with Gasteiger partial charge in [0.1, 0.15) is 11.6 Å². The second kappa shape index (κ2) is 6.85. The number of hydrogen-bond acceptors (Lipinski definition) is 3. The molecule has 0 aliphatic rings. The van der Waals surface area contributed by atoms with Crippen LogP contribution in [0.5, 0.6) is 5.75 Å². The van der Waals surface area contributed by atoms with E-state index in [0.717, 1.165) is 5.56 Å². The fraction of sp³-hybridized carbons (Fsp3) is 0.188. The highest BCUT2D eigenvalue weighted by Crippen LogP contribution is 2.16. The number of benzene rings is 2. The van der Waals surface area contributed by atoms with Gasteiger partial charge in [0, 0.05) is 18.3 Å². The molecule has 110 valence electrons. The molecule has 0 saturated heterocycles. The molecule has 2 aromatic carbocycles. The Bertz CT molecular complexity index is 627. The lowest BCUT2D eigenvalue weighted by Crippen LogP contribution is -2.20. The van der Waals surface area contributed by atoms with E-state index in [1.807, 2.05) is 31.2 Å². The molecule has 0 bridgehead atoms. The van der Waals surface area contributed by atoms with Gasteiger partial charge in [-0.25, -0.2) is 4.39 Å². The fourth-order valence-electron chi connectivity index (χ4n) is 1.80. The highest BCUT2D eigenvalue weighted by molar-refractivity contribution is 5.91. The first-order valence-corrected chi connectivity index (χ1v) is 6.55. The zero-order valence-corrected chi connectivity index (χ0v) is 11.7. The Labute approximate surface area is 122 Å². The quantitative estimate of drug-likeness (QED) is 0.889. The number of rotatable bonds is 5. The highest BCUT2D eigenvalue weighted by atomic mass is 19.1. The number of carbonyl (C=O) groups is 1. The van der Waals surface area contributed by atoms with Crippen molar-refractivity contribution in [2.45, 2.75) is 13.5 Å². The minimum absolute atomic E-state index is 0.193. The molecule has 0 aliphatic carbocycles. The van der Waals surface area contributed by atoms with Crippen LogP contribution < -0.4 is 15.8 Å². The van der Waals surface area contributed by atoms with Crippen molar-refractivity contribution in [1.82, 2.24) is 0 Å². The number of ether oxygens (including phenoxy) is 1. The maximum atomic E-state index is 13.3. The Morgan fingerprint density at radius 1 is 1.24 bits per heavy atom. The zero-order valence-electron chi connectivity index (χ0n) is 11.7. The number of amides is 1. The average molecular weight is 288 g/mol. The molecule has 5 heteroatoms. The van der Waals surface area contributed by atoms with Crippen molar-refractivity contribution in [2.24, 2.45) is 5.73 Å². The lowest BCUT2D eigenvalue weighted by atomic mass is 10.2. The summed E-state index contributed by atoms with van der Waals surface area (Å²) >= 11 is 0. The van der Waals surface area contributed by atoms with Crippen LogP contribution in [0.4, 0.5) is 10.1 Å². The maximum Gasteiger partial charge on any atom is 0.262 e. The van der Waals surface area contributed by atoms with Crippen molar-refractivity contribution in [2.75, 3.05) is 11.9 Å². The van der Waals surface area contributed by atoms with Crippen LogP contribution in [0.1, 0.15) is 11.1 Å². The Morgan fingerprint density at radius 2 is 1.95 bits per heavy atom. The molecule has 3 N–H and O–H groups in total. The summed E-state index contributed by atoms with van der Waals surface area (Å²) in [5.41, 5.74) is 7.87. The molecule has 0 atom stereocenters. The van der Waals surface area contributed by atoms with Crippen molar-refractivity contribution in [3.8, 4) is 5.75 Å². The summed E-state index contributed by atoms with van der Waals surface area (Å²) in [5, 5.41) is 2.70. The number of halogens is 1. The van der Waals surface area contributed by atoms with E-state index in [9.17, 15) is 9.18 Å². The first-order valence-electron chi connectivity index (χ1n) is 6.55. The normalized spacial score (nSPS) is 10.2. The zero-order chi connectivity index (χ0) is 15.2. The lowest BCUT2D eigenvalue weighted by molar-refractivity contribution is -0.118. The highest BCUT2D eigenvalue weighted by Gasteiger charge is 2.06. The maximum absolute atomic E-state index is 13.3. The van der Waals surface area contributed by atoms with Crippen LogP contribution in [-0.2, 0) is 11.3 Å². The summed E-state index contributed by atoms with van der Waals surface area (Å²) in [5.74, 6) is -0.459. The van der Waals surface area contributed by atoms with Gasteiger partial charge in [0.2, 0.25) is 0 Å². The molecule has 0 aliphatic heterocycles. The van der Waals surface area contributed by atoms with Crippen LogP contribution in [0.3, 0.4) is 0 Å². The number of aryl methyl sites for hydroxylation is 1. The van der Waals surface area contributed by atoms with E-state index in [2.05, 4.69) is 5.32 Å². The van der Waals surface area contributed by atoms with E-state index in [1.165, 1.54) is 12.1 Å². The van der Waals surface area contributed by atoms with Gasteiger partial charge in [0.15, 0.2) is 6.61 Å². The average Bonchev–Trinajstić information content (AvgIpc) is 2.47. The summed E-state index contributed by atoms with van der Waals surface area (Å²) in [6.45, 7) is 1.98. The molecule has 4 nitrogen and oxygen atoms in total. The second-order valence-corrected chi connectivity index (χ2v) is 4.70. The van der Waals surface area contributed by atoms with E-state index >= 15 is 0 Å². The van der Waals surface area contributed by atoms with E-state index in [1.54, 1.807) is 6.07 Å². The molecular formula is C16H17FN2O2. The van der Waals surface area contributed by atoms with Gasteiger partial charge in [0.05, 0.1) is 0 Å². The third kappa shape index (κ3) is 4.57. The predicted molar refractivity (Wildman–Crippen MR) is 79.6 cm³/mol. The minimum Gasteiger partial charge on any atom is -0.484 e. The van der Waals surface area contributed by atoms with Gasteiger partial charge in [-0.05, 0) is 36.8 Å². The molecular weight excluding hydrogens is 271 g/mol. The van der Waals surface area contributed by atoms with Gasteiger partial charge < -0.3 is 15.8 Å². The fourth-order valence-corrected chi connectivity index (χ4v) is 1.80. The second-order valence-electron chi connectivity index (χ2n) is 4.70. The smallest absolute Gasteiger partial charge is 0.262 e. The molecule has 2 aromatic rings. The summed E-state index contributed by atoms with van der Waals surface area (Å²) < 4.78 is 18.6. The Morgan fingerprint density at radius 3 is 2.62 bits per heavy atom. The summed E-state index contributed by atoms with van der Waals surface area (Å²) in [4.78, 5) is 11.8. The topological polar surface area (TPSA) is 64.3 Å². The summed E-state index contributed by atoms with van der Waals surface area (Å²) in [6, 6.07) is 11.6. The first-order chi connectivity index (χ1) is 10.1. The van der Waals surface area contributed by atoms with Crippen LogP contribution in [-0.4, -0.2) is 12.5 Å². The number of nitrogens with two attached hydrogens (primary N) is 1. The lowest BCUT2D eigenvalue weighted by Gasteiger charge is -2.09. The van der Waals surface area contributed by atoms with Crippen molar-refractivity contribution < 1.29 is 13.9 Å². The number of nitrogens with one attached hydrogen (secondary N) is 1.